The Hall–Kier alpha value is -1.09. The standard InChI is InChI=1S/C17H22O6S2/c1-17(2,19)9-10-7-15-13(8-14(10)24-15)16(18)23-11-3-5-12(6-4-11)25(20,21)22/h3-6,10,13-15,19H,7-9H2,1-2H3,(H,20,21,22). The number of hydrogen-bond acceptors (Lipinski definition) is 6. The van der Waals surface area contributed by atoms with Gasteiger partial charge in [-0.3, -0.25) is 9.35 Å². The SMILES string of the molecule is CC(C)(O)CC1CC2SC1CC2C(=O)Oc1ccc(S(=O)(=O)O)cc1. The first-order valence-electron chi connectivity index (χ1n) is 8.20. The summed E-state index contributed by atoms with van der Waals surface area (Å²) in [6, 6.07) is 5.12. The van der Waals surface area contributed by atoms with Gasteiger partial charge in [0.2, 0.25) is 0 Å². The van der Waals surface area contributed by atoms with Crippen molar-refractivity contribution < 1.29 is 27.6 Å². The molecule has 2 bridgehead atoms. The van der Waals surface area contributed by atoms with Crippen molar-refractivity contribution in [3.63, 3.8) is 0 Å². The van der Waals surface area contributed by atoms with Gasteiger partial charge in [0.15, 0.2) is 0 Å². The van der Waals surface area contributed by atoms with Crippen molar-refractivity contribution in [3.8, 4) is 5.75 Å². The molecule has 1 aromatic carbocycles. The van der Waals surface area contributed by atoms with Crippen molar-refractivity contribution in [1.82, 2.24) is 0 Å². The first kappa shape index (κ1) is 18.7. The fourth-order valence-electron chi connectivity index (χ4n) is 3.73. The first-order chi connectivity index (χ1) is 11.5. The molecule has 2 fully saturated rings. The van der Waals surface area contributed by atoms with Crippen LogP contribution in [0.15, 0.2) is 29.2 Å². The third-order valence-corrected chi connectivity index (χ3v) is 7.42. The van der Waals surface area contributed by atoms with Gasteiger partial charge in [-0.05, 0) is 63.3 Å². The quantitative estimate of drug-likeness (QED) is 0.455. The molecule has 0 aromatic heterocycles. The molecular formula is C17H22O6S2. The van der Waals surface area contributed by atoms with Gasteiger partial charge in [0, 0.05) is 10.5 Å². The van der Waals surface area contributed by atoms with Gasteiger partial charge in [0.25, 0.3) is 10.1 Å². The Bertz CT molecular complexity index is 750. The molecule has 4 unspecified atom stereocenters. The van der Waals surface area contributed by atoms with Crippen LogP contribution in [0.5, 0.6) is 5.75 Å². The zero-order valence-corrected chi connectivity index (χ0v) is 15.7. The average molecular weight is 386 g/mol. The van der Waals surface area contributed by atoms with Crippen LogP contribution in [0.2, 0.25) is 0 Å². The zero-order chi connectivity index (χ0) is 18.4. The lowest BCUT2D eigenvalue weighted by molar-refractivity contribution is -0.139. The summed E-state index contributed by atoms with van der Waals surface area (Å²) in [5.74, 6) is 0.210. The van der Waals surface area contributed by atoms with E-state index in [2.05, 4.69) is 0 Å². The normalized spacial score (nSPS) is 29.0. The molecule has 4 atom stereocenters. The highest BCUT2D eigenvalue weighted by atomic mass is 32.2. The second kappa shape index (κ2) is 6.57. The predicted molar refractivity (Wildman–Crippen MR) is 94.2 cm³/mol. The van der Waals surface area contributed by atoms with Crippen LogP contribution >= 0.6 is 11.8 Å². The Balaban J connectivity index is 1.59. The molecule has 2 aliphatic heterocycles. The molecule has 0 radical (unpaired) electrons. The lowest BCUT2D eigenvalue weighted by Crippen LogP contribution is -2.34. The number of benzene rings is 1. The highest BCUT2D eigenvalue weighted by molar-refractivity contribution is 8.01. The van der Waals surface area contributed by atoms with Crippen LogP contribution < -0.4 is 4.74 Å². The molecule has 25 heavy (non-hydrogen) atoms. The minimum Gasteiger partial charge on any atom is -0.426 e. The molecule has 2 heterocycles. The van der Waals surface area contributed by atoms with Crippen molar-refractivity contribution in [3.05, 3.63) is 24.3 Å². The maximum atomic E-state index is 12.4. The molecule has 8 heteroatoms. The van der Waals surface area contributed by atoms with Gasteiger partial charge in [-0.2, -0.15) is 20.2 Å². The second-order valence-corrected chi connectivity index (χ2v) is 10.3. The molecule has 6 nitrogen and oxygen atoms in total. The summed E-state index contributed by atoms with van der Waals surface area (Å²) < 4.78 is 36.4. The third kappa shape index (κ3) is 4.36. The predicted octanol–water partition coefficient (Wildman–Crippen LogP) is 2.51. The Morgan fingerprint density at radius 2 is 1.88 bits per heavy atom. The molecule has 0 aliphatic carbocycles. The summed E-state index contributed by atoms with van der Waals surface area (Å²) in [7, 11) is -4.26. The van der Waals surface area contributed by atoms with Crippen LogP contribution in [0, 0.1) is 11.8 Å². The number of rotatable bonds is 5. The van der Waals surface area contributed by atoms with E-state index in [1.807, 2.05) is 25.6 Å². The Morgan fingerprint density at radius 1 is 1.24 bits per heavy atom. The Kier molecular flexibility index (Phi) is 4.91. The van der Waals surface area contributed by atoms with E-state index >= 15 is 0 Å². The molecule has 3 rings (SSSR count). The number of carbonyl (C=O) groups is 1. The number of thioether (sulfide) groups is 1. The summed E-state index contributed by atoms with van der Waals surface area (Å²) in [5, 5.41) is 10.6. The number of carbonyl (C=O) groups excluding carboxylic acids is 1. The third-order valence-electron chi connectivity index (χ3n) is 4.75. The summed E-state index contributed by atoms with van der Waals surface area (Å²) in [5.41, 5.74) is -0.694. The number of esters is 1. The number of aliphatic hydroxyl groups is 1. The van der Waals surface area contributed by atoms with Gasteiger partial charge >= 0.3 is 5.97 Å². The number of fused-ring (bicyclic) bond motifs is 2. The molecule has 0 saturated carbocycles. The topological polar surface area (TPSA) is 101 Å². The molecule has 2 N–H and O–H groups in total. The molecule has 0 spiro atoms. The van der Waals surface area contributed by atoms with Crippen molar-refractivity contribution >= 4 is 27.8 Å². The van der Waals surface area contributed by atoms with Gasteiger partial charge in [-0.1, -0.05) is 0 Å². The van der Waals surface area contributed by atoms with Crippen LogP contribution in [0.25, 0.3) is 0 Å². The zero-order valence-electron chi connectivity index (χ0n) is 14.1. The van der Waals surface area contributed by atoms with Gasteiger partial charge in [-0.15, -0.1) is 0 Å². The van der Waals surface area contributed by atoms with E-state index in [1.54, 1.807) is 0 Å². The molecule has 138 valence electrons. The van der Waals surface area contributed by atoms with Gasteiger partial charge in [-0.25, -0.2) is 0 Å². The van der Waals surface area contributed by atoms with E-state index in [-0.39, 0.29) is 27.8 Å². The number of ether oxygens (including phenoxy) is 1. The van der Waals surface area contributed by atoms with Crippen LogP contribution in [-0.2, 0) is 14.9 Å². The average Bonchev–Trinajstić information content (AvgIpc) is 3.04. The monoisotopic (exact) mass is 386 g/mol. The summed E-state index contributed by atoms with van der Waals surface area (Å²) in [6.45, 7) is 3.62. The fourth-order valence-corrected chi connectivity index (χ4v) is 6.17. The van der Waals surface area contributed by atoms with Crippen LogP contribution in [0.1, 0.15) is 33.1 Å². The molecule has 2 saturated heterocycles. The van der Waals surface area contributed by atoms with Crippen molar-refractivity contribution in [2.45, 2.75) is 54.1 Å². The van der Waals surface area contributed by atoms with Crippen LogP contribution in [0.3, 0.4) is 0 Å². The van der Waals surface area contributed by atoms with Crippen molar-refractivity contribution in [2.24, 2.45) is 11.8 Å². The summed E-state index contributed by atoms with van der Waals surface area (Å²) >= 11 is 1.81. The minimum atomic E-state index is -4.26. The largest absolute Gasteiger partial charge is 0.426 e. The van der Waals surface area contributed by atoms with Gasteiger partial charge in [0.05, 0.1) is 16.4 Å². The minimum absolute atomic E-state index is 0.172. The van der Waals surface area contributed by atoms with E-state index in [0.717, 1.165) is 19.3 Å². The summed E-state index contributed by atoms with van der Waals surface area (Å²) in [6.07, 6.45) is 2.39. The highest BCUT2D eigenvalue weighted by Crippen LogP contribution is 2.54. The lowest BCUT2D eigenvalue weighted by atomic mass is 9.77. The van der Waals surface area contributed by atoms with E-state index < -0.39 is 15.7 Å². The van der Waals surface area contributed by atoms with Gasteiger partial charge < -0.3 is 9.84 Å². The van der Waals surface area contributed by atoms with E-state index in [9.17, 15) is 18.3 Å². The van der Waals surface area contributed by atoms with E-state index in [0.29, 0.717) is 11.2 Å². The summed E-state index contributed by atoms with van der Waals surface area (Å²) in [4.78, 5) is 12.2. The smallest absolute Gasteiger partial charge is 0.315 e. The fraction of sp³-hybridized carbons (Fsp3) is 0.588. The molecule has 0 amide bonds. The van der Waals surface area contributed by atoms with Crippen molar-refractivity contribution in [1.29, 1.82) is 0 Å². The van der Waals surface area contributed by atoms with Crippen molar-refractivity contribution in [2.75, 3.05) is 0 Å². The molecule has 2 aliphatic rings. The molecule has 1 aromatic rings. The second-order valence-electron chi connectivity index (χ2n) is 7.44. The van der Waals surface area contributed by atoms with Crippen LogP contribution in [-0.4, -0.2) is 40.1 Å². The Morgan fingerprint density at radius 3 is 2.36 bits per heavy atom. The Labute approximate surface area is 151 Å². The maximum absolute atomic E-state index is 12.4. The number of hydrogen-bond donors (Lipinski definition) is 2. The maximum Gasteiger partial charge on any atom is 0.315 e. The van der Waals surface area contributed by atoms with E-state index in [4.69, 9.17) is 9.29 Å². The lowest BCUT2D eigenvalue weighted by Gasteiger charge is -2.29. The first-order valence-corrected chi connectivity index (χ1v) is 10.6. The van der Waals surface area contributed by atoms with Crippen LogP contribution in [0.4, 0.5) is 0 Å². The van der Waals surface area contributed by atoms with Gasteiger partial charge in [0.1, 0.15) is 5.75 Å². The highest BCUT2D eigenvalue weighted by Gasteiger charge is 2.50. The molecular weight excluding hydrogens is 364 g/mol. The van der Waals surface area contributed by atoms with E-state index in [1.165, 1.54) is 24.3 Å².